The summed E-state index contributed by atoms with van der Waals surface area (Å²) in [5.41, 5.74) is 1.79. The van der Waals surface area contributed by atoms with Gasteiger partial charge >= 0.3 is 0 Å². The average molecular weight is 326 g/mol. The maximum absolute atomic E-state index is 12.6. The molecule has 1 saturated carbocycles. The number of H-pyrrole nitrogens is 1. The smallest absolute Gasteiger partial charge is 0.251 e. The summed E-state index contributed by atoms with van der Waals surface area (Å²) in [5, 5.41) is 4.44. The van der Waals surface area contributed by atoms with Gasteiger partial charge in [0.05, 0.1) is 0 Å². The fourth-order valence-corrected chi connectivity index (χ4v) is 3.77. The molecule has 0 atom stereocenters. The second-order valence-electron chi connectivity index (χ2n) is 7.21. The second kappa shape index (κ2) is 8.91. The minimum absolute atomic E-state index is 0.0728. The van der Waals surface area contributed by atoms with Gasteiger partial charge in [-0.05, 0) is 36.4 Å². The van der Waals surface area contributed by atoms with E-state index in [2.05, 4.69) is 10.3 Å². The first-order valence-electron chi connectivity index (χ1n) is 9.71. The Kier molecular flexibility index (Phi) is 6.33. The molecule has 0 radical (unpaired) electrons. The average Bonchev–Trinajstić information content (AvgIpc) is 3.05. The summed E-state index contributed by atoms with van der Waals surface area (Å²) >= 11 is 0. The van der Waals surface area contributed by atoms with Crippen LogP contribution in [0.3, 0.4) is 0 Å². The highest BCUT2D eigenvalue weighted by molar-refractivity contribution is 5.98. The lowest BCUT2D eigenvalue weighted by molar-refractivity contribution is 0.0931. The van der Waals surface area contributed by atoms with Gasteiger partial charge in [0.1, 0.15) is 0 Å². The van der Waals surface area contributed by atoms with Gasteiger partial charge in [-0.1, -0.05) is 63.9 Å². The van der Waals surface area contributed by atoms with Crippen molar-refractivity contribution in [1.29, 1.82) is 0 Å². The summed E-state index contributed by atoms with van der Waals surface area (Å²) in [4.78, 5) is 15.8. The molecule has 0 aliphatic heterocycles. The molecule has 2 aromatic rings. The lowest BCUT2D eigenvalue weighted by atomic mass is 9.97. The van der Waals surface area contributed by atoms with Gasteiger partial charge in [-0.25, -0.2) is 0 Å². The zero-order chi connectivity index (χ0) is 16.6. The third-order valence-electron chi connectivity index (χ3n) is 5.26. The Morgan fingerprint density at radius 1 is 0.875 bits per heavy atom. The van der Waals surface area contributed by atoms with Crippen molar-refractivity contribution in [3.8, 4) is 0 Å². The highest BCUT2D eigenvalue weighted by Crippen LogP contribution is 2.18. The zero-order valence-electron chi connectivity index (χ0n) is 14.7. The predicted octanol–water partition coefficient (Wildman–Crippen LogP) is 5.57. The Labute approximate surface area is 145 Å². The number of fused-ring (bicyclic) bond motifs is 1. The maximum atomic E-state index is 12.6. The third-order valence-corrected chi connectivity index (χ3v) is 5.26. The van der Waals surface area contributed by atoms with Crippen molar-refractivity contribution in [1.82, 2.24) is 10.3 Å². The number of carbonyl (C=O) groups excluding carboxylic acids is 1. The fourth-order valence-electron chi connectivity index (χ4n) is 3.77. The first-order valence-corrected chi connectivity index (χ1v) is 9.71. The number of amides is 1. The summed E-state index contributed by atoms with van der Waals surface area (Å²) in [7, 11) is 0. The Bertz CT molecular complexity index is 634. The molecule has 1 fully saturated rings. The van der Waals surface area contributed by atoms with Gasteiger partial charge in [-0.15, -0.1) is 0 Å². The van der Waals surface area contributed by atoms with E-state index in [-0.39, 0.29) is 5.91 Å². The van der Waals surface area contributed by atoms with Crippen LogP contribution < -0.4 is 5.32 Å². The number of carbonyl (C=O) groups is 1. The van der Waals surface area contributed by atoms with Crippen molar-refractivity contribution < 1.29 is 4.79 Å². The summed E-state index contributed by atoms with van der Waals surface area (Å²) in [6.07, 6.45) is 16.1. The molecule has 24 heavy (non-hydrogen) atoms. The van der Waals surface area contributed by atoms with Gasteiger partial charge in [0.2, 0.25) is 0 Å². The standard InChI is InChI=1S/C21H30N2O/c24-21(18-13-12-17-14-15-22-20(17)16-18)23-19-10-8-6-4-2-1-3-5-7-9-11-19/h12-16,19,22H,1-11H2,(H,23,24). The molecule has 1 amide bonds. The van der Waals surface area contributed by atoms with E-state index in [0.717, 1.165) is 29.3 Å². The monoisotopic (exact) mass is 326 g/mol. The Hall–Kier alpha value is -1.77. The van der Waals surface area contributed by atoms with Gasteiger partial charge in [0.25, 0.3) is 5.91 Å². The molecule has 0 unspecified atom stereocenters. The van der Waals surface area contributed by atoms with Crippen molar-refractivity contribution in [3.63, 3.8) is 0 Å². The Balaban J connectivity index is 1.59. The molecule has 1 aliphatic carbocycles. The molecular formula is C21H30N2O. The minimum atomic E-state index is 0.0728. The van der Waals surface area contributed by atoms with Gasteiger partial charge in [-0.3, -0.25) is 4.79 Å². The van der Waals surface area contributed by atoms with Crippen molar-refractivity contribution in [3.05, 3.63) is 36.0 Å². The molecule has 2 N–H and O–H groups in total. The Morgan fingerprint density at radius 2 is 1.50 bits per heavy atom. The lowest BCUT2D eigenvalue weighted by Crippen LogP contribution is -2.34. The normalized spacial score (nSPS) is 18.7. The second-order valence-corrected chi connectivity index (χ2v) is 7.21. The van der Waals surface area contributed by atoms with E-state index in [9.17, 15) is 4.79 Å². The molecule has 0 spiro atoms. The SMILES string of the molecule is O=C(NC1CCCCCCCCCCC1)c1ccc2cc[nH]c2c1. The Morgan fingerprint density at radius 3 is 2.17 bits per heavy atom. The summed E-state index contributed by atoms with van der Waals surface area (Å²) in [6.45, 7) is 0. The summed E-state index contributed by atoms with van der Waals surface area (Å²) in [5.74, 6) is 0.0728. The van der Waals surface area contributed by atoms with Gasteiger partial charge < -0.3 is 10.3 Å². The minimum Gasteiger partial charge on any atom is -0.361 e. The topological polar surface area (TPSA) is 44.9 Å². The molecular weight excluding hydrogens is 296 g/mol. The highest BCUT2D eigenvalue weighted by atomic mass is 16.1. The van der Waals surface area contributed by atoms with E-state index in [1.165, 1.54) is 57.8 Å². The van der Waals surface area contributed by atoms with E-state index in [1.807, 2.05) is 30.5 Å². The number of benzene rings is 1. The van der Waals surface area contributed by atoms with Crippen LogP contribution >= 0.6 is 0 Å². The quantitative estimate of drug-likeness (QED) is 0.744. The van der Waals surface area contributed by atoms with Crippen LogP contribution in [0.15, 0.2) is 30.5 Å². The number of nitrogens with one attached hydrogen (secondary N) is 2. The van der Waals surface area contributed by atoms with Crippen LogP contribution in [0, 0.1) is 0 Å². The van der Waals surface area contributed by atoms with Crippen LogP contribution in [-0.4, -0.2) is 16.9 Å². The molecule has 1 heterocycles. The third kappa shape index (κ3) is 4.86. The van der Waals surface area contributed by atoms with E-state index in [0.29, 0.717) is 6.04 Å². The first-order chi connectivity index (χ1) is 11.8. The van der Waals surface area contributed by atoms with Crippen LogP contribution in [0.25, 0.3) is 10.9 Å². The van der Waals surface area contributed by atoms with E-state index >= 15 is 0 Å². The van der Waals surface area contributed by atoms with Crippen LogP contribution in [0.1, 0.15) is 81.0 Å². The van der Waals surface area contributed by atoms with Gasteiger partial charge in [0.15, 0.2) is 0 Å². The van der Waals surface area contributed by atoms with Gasteiger partial charge in [0, 0.05) is 23.3 Å². The van der Waals surface area contributed by atoms with Crippen molar-refractivity contribution in [2.75, 3.05) is 0 Å². The molecule has 1 aromatic carbocycles. The lowest BCUT2D eigenvalue weighted by Gasteiger charge is -2.19. The highest BCUT2D eigenvalue weighted by Gasteiger charge is 2.14. The molecule has 130 valence electrons. The fraction of sp³-hybridized carbons (Fsp3) is 0.571. The number of aromatic amines is 1. The number of hydrogen-bond donors (Lipinski definition) is 2. The molecule has 0 saturated heterocycles. The van der Waals surface area contributed by atoms with Crippen molar-refractivity contribution >= 4 is 16.8 Å². The first kappa shape index (κ1) is 17.1. The molecule has 0 bridgehead atoms. The predicted molar refractivity (Wildman–Crippen MR) is 100 cm³/mol. The van der Waals surface area contributed by atoms with E-state index < -0.39 is 0 Å². The van der Waals surface area contributed by atoms with Crippen molar-refractivity contribution in [2.24, 2.45) is 0 Å². The van der Waals surface area contributed by atoms with Crippen LogP contribution in [-0.2, 0) is 0 Å². The maximum Gasteiger partial charge on any atom is 0.251 e. The van der Waals surface area contributed by atoms with Crippen LogP contribution in [0.5, 0.6) is 0 Å². The van der Waals surface area contributed by atoms with Gasteiger partial charge in [-0.2, -0.15) is 0 Å². The summed E-state index contributed by atoms with van der Waals surface area (Å²) < 4.78 is 0. The molecule has 3 heteroatoms. The largest absolute Gasteiger partial charge is 0.361 e. The van der Waals surface area contributed by atoms with Crippen molar-refractivity contribution in [2.45, 2.75) is 76.7 Å². The molecule has 3 rings (SSSR count). The summed E-state index contributed by atoms with van der Waals surface area (Å²) in [6, 6.07) is 8.27. The molecule has 1 aliphatic rings. The van der Waals surface area contributed by atoms with Crippen LogP contribution in [0.4, 0.5) is 0 Å². The number of rotatable bonds is 2. The molecule has 3 nitrogen and oxygen atoms in total. The van der Waals surface area contributed by atoms with E-state index in [1.54, 1.807) is 0 Å². The number of aromatic nitrogens is 1. The van der Waals surface area contributed by atoms with E-state index in [4.69, 9.17) is 0 Å². The number of hydrogen-bond acceptors (Lipinski definition) is 1. The zero-order valence-corrected chi connectivity index (χ0v) is 14.7. The van der Waals surface area contributed by atoms with Crippen LogP contribution in [0.2, 0.25) is 0 Å². The molecule has 1 aromatic heterocycles.